The van der Waals surface area contributed by atoms with Crippen molar-refractivity contribution in [3.8, 4) is 17.6 Å². The average Bonchev–Trinajstić information content (AvgIpc) is 2.79. The Balaban J connectivity index is 1.85. The Morgan fingerprint density at radius 1 is 1.12 bits per heavy atom. The van der Waals surface area contributed by atoms with Gasteiger partial charge in [-0.3, -0.25) is 4.79 Å². The maximum Gasteiger partial charge on any atom is 0.266 e. The van der Waals surface area contributed by atoms with Crippen LogP contribution in [0.4, 0.5) is 5.69 Å². The van der Waals surface area contributed by atoms with Crippen LogP contribution < -0.4 is 14.8 Å². The number of carbonyl (C=O) groups is 1. The molecular formula is C24H17BrCl2N2O3. The Labute approximate surface area is 204 Å². The summed E-state index contributed by atoms with van der Waals surface area (Å²) in [6.07, 6.45) is 1.44. The highest BCUT2D eigenvalue weighted by molar-refractivity contribution is 9.10. The predicted molar refractivity (Wildman–Crippen MR) is 130 cm³/mol. The second kappa shape index (κ2) is 11.1. The van der Waals surface area contributed by atoms with Gasteiger partial charge in [0.2, 0.25) is 0 Å². The number of nitrogens with one attached hydrogen (secondary N) is 1. The molecule has 0 spiro atoms. The van der Waals surface area contributed by atoms with Crippen molar-refractivity contribution in [3.05, 3.63) is 91.9 Å². The number of carbonyl (C=O) groups excluding carboxylic acids is 1. The quantitative estimate of drug-likeness (QED) is 0.266. The first-order valence-electron chi connectivity index (χ1n) is 9.34. The number of ether oxygens (including phenoxy) is 2. The Morgan fingerprint density at radius 2 is 1.81 bits per heavy atom. The lowest BCUT2D eigenvalue weighted by molar-refractivity contribution is -0.112. The van der Waals surface area contributed by atoms with Crippen LogP contribution in [0.2, 0.25) is 10.0 Å². The van der Waals surface area contributed by atoms with Crippen LogP contribution in [0.25, 0.3) is 6.08 Å². The summed E-state index contributed by atoms with van der Waals surface area (Å²) in [5, 5.41) is 12.6. The van der Waals surface area contributed by atoms with E-state index in [1.54, 1.807) is 30.3 Å². The zero-order valence-corrected chi connectivity index (χ0v) is 20.0. The first kappa shape index (κ1) is 23.7. The van der Waals surface area contributed by atoms with Gasteiger partial charge >= 0.3 is 0 Å². The molecule has 5 nitrogen and oxygen atoms in total. The minimum absolute atomic E-state index is 0.132. The van der Waals surface area contributed by atoms with E-state index < -0.39 is 5.91 Å². The number of benzene rings is 3. The lowest BCUT2D eigenvalue weighted by atomic mass is 10.1. The van der Waals surface area contributed by atoms with Gasteiger partial charge in [-0.05, 0) is 57.4 Å². The second-order valence-corrected chi connectivity index (χ2v) is 8.20. The molecule has 0 aromatic heterocycles. The summed E-state index contributed by atoms with van der Waals surface area (Å²) < 4.78 is 12.0. The molecule has 0 unspecified atom stereocenters. The molecule has 0 aliphatic heterocycles. The van der Waals surface area contributed by atoms with E-state index >= 15 is 0 Å². The van der Waals surface area contributed by atoms with Crippen molar-refractivity contribution >= 4 is 56.8 Å². The SMILES string of the molecule is COc1cc(/C=C(\C#N)C(=O)Nc2c(Cl)cccc2Cl)cc(Br)c1OCc1ccccc1. The summed E-state index contributed by atoms with van der Waals surface area (Å²) in [5.74, 6) is 0.328. The van der Waals surface area contributed by atoms with Crippen molar-refractivity contribution in [2.45, 2.75) is 6.61 Å². The molecule has 0 aliphatic carbocycles. The number of hydrogen-bond acceptors (Lipinski definition) is 4. The normalized spacial score (nSPS) is 10.9. The summed E-state index contributed by atoms with van der Waals surface area (Å²) in [5.41, 5.74) is 1.68. The largest absolute Gasteiger partial charge is 0.493 e. The van der Waals surface area contributed by atoms with E-state index in [1.165, 1.54) is 13.2 Å². The highest BCUT2D eigenvalue weighted by Crippen LogP contribution is 2.38. The second-order valence-electron chi connectivity index (χ2n) is 6.53. The molecule has 0 saturated carbocycles. The fourth-order valence-corrected chi connectivity index (χ4v) is 3.87. The molecule has 3 rings (SSSR count). The molecule has 3 aromatic carbocycles. The highest BCUT2D eigenvalue weighted by Gasteiger charge is 2.16. The Morgan fingerprint density at radius 3 is 2.44 bits per heavy atom. The van der Waals surface area contributed by atoms with Gasteiger partial charge in [-0.15, -0.1) is 0 Å². The van der Waals surface area contributed by atoms with Gasteiger partial charge in [-0.2, -0.15) is 5.26 Å². The van der Waals surface area contributed by atoms with Crippen LogP contribution in [0.3, 0.4) is 0 Å². The van der Waals surface area contributed by atoms with Gasteiger partial charge in [-0.25, -0.2) is 0 Å². The van der Waals surface area contributed by atoms with E-state index in [1.807, 2.05) is 36.4 Å². The number of hydrogen-bond donors (Lipinski definition) is 1. The molecule has 32 heavy (non-hydrogen) atoms. The zero-order valence-electron chi connectivity index (χ0n) is 16.9. The van der Waals surface area contributed by atoms with E-state index in [2.05, 4.69) is 21.2 Å². The predicted octanol–water partition coefficient (Wildman–Crippen LogP) is 6.89. The monoisotopic (exact) mass is 530 g/mol. The van der Waals surface area contributed by atoms with Gasteiger partial charge in [0.15, 0.2) is 11.5 Å². The average molecular weight is 532 g/mol. The first-order valence-corrected chi connectivity index (χ1v) is 10.9. The topological polar surface area (TPSA) is 71.3 Å². The minimum atomic E-state index is -0.637. The number of rotatable bonds is 7. The number of methoxy groups -OCH3 is 1. The number of anilines is 1. The van der Waals surface area contributed by atoms with E-state index in [4.69, 9.17) is 32.7 Å². The molecule has 1 N–H and O–H groups in total. The highest BCUT2D eigenvalue weighted by atomic mass is 79.9. The molecule has 0 radical (unpaired) electrons. The van der Waals surface area contributed by atoms with Crippen LogP contribution in [0.5, 0.6) is 11.5 Å². The van der Waals surface area contributed by atoms with Crippen molar-refractivity contribution in [3.63, 3.8) is 0 Å². The minimum Gasteiger partial charge on any atom is -0.493 e. The number of para-hydroxylation sites is 1. The molecule has 0 heterocycles. The number of nitriles is 1. The van der Waals surface area contributed by atoms with Crippen molar-refractivity contribution in [1.82, 2.24) is 0 Å². The fourth-order valence-electron chi connectivity index (χ4n) is 2.81. The summed E-state index contributed by atoms with van der Waals surface area (Å²) in [6.45, 7) is 0.357. The smallest absolute Gasteiger partial charge is 0.266 e. The lowest BCUT2D eigenvalue weighted by Crippen LogP contribution is -2.14. The first-order chi connectivity index (χ1) is 15.4. The molecule has 8 heteroatoms. The summed E-state index contributed by atoms with van der Waals surface area (Å²) in [7, 11) is 1.52. The molecule has 0 aliphatic rings. The van der Waals surface area contributed by atoms with Crippen LogP contribution in [0.1, 0.15) is 11.1 Å². The molecule has 0 saturated heterocycles. The molecule has 0 bridgehead atoms. The van der Waals surface area contributed by atoms with E-state index in [9.17, 15) is 10.1 Å². The summed E-state index contributed by atoms with van der Waals surface area (Å²) in [6, 6.07) is 19.9. The zero-order chi connectivity index (χ0) is 23.1. The Bertz CT molecular complexity index is 1190. The van der Waals surface area contributed by atoms with E-state index in [0.717, 1.165) is 5.56 Å². The van der Waals surface area contributed by atoms with Crippen molar-refractivity contribution < 1.29 is 14.3 Å². The molecule has 0 atom stereocenters. The van der Waals surface area contributed by atoms with Crippen LogP contribution in [-0.2, 0) is 11.4 Å². The van der Waals surface area contributed by atoms with Crippen molar-refractivity contribution in [2.75, 3.05) is 12.4 Å². The molecule has 3 aromatic rings. The summed E-state index contributed by atoms with van der Waals surface area (Å²) in [4.78, 5) is 12.6. The van der Waals surface area contributed by atoms with Crippen molar-refractivity contribution in [1.29, 1.82) is 5.26 Å². The standard InChI is InChI=1S/C24H17BrCl2N2O3/c1-31-21-12-16(11-18(25)23(21)32-14-15-6-3-2-4-7-15)10-17(13-28)24(30)29-22-19(26)8-5-9-20(22)27/h2-12H,14H2,1H3,(H,29,30)/b17-10+. The molecular weight excluding hydrogens is 515 g/mol. The van der Waals surface area contributed by atoms with Gasteiger partial charge in [-0.1, -0.05) is 59.6 Å². The number of nitrogens with zero attached hydrogens (tertiary/aromatic N) is 1. The third-order valence-electron chi connectivity index (χ3n) is 4.36. The molecule has 162 valence electrons. The van der Waals surface area contributed by atoms with Gasteiger partial charge in [0.05, 0.1) is 27.3 Å². The maximum absolute atomic E-state index is 12.6. The Kier molecular flexibility index (Phi) is 8.18. The summed E-state index contributed by atoms with van der Waals surface area (Å²) >= 11 is 15.7. The van der Waals surface area contributed by atoms with Crippen LogP contribution >= 0.6 is 39.1 Å². The van der Waals surface area contributed by atoms with E-state index in [0.29, 0.717) is 28.1 Å². The van der Waals surface area contributed by atoms with Gasteiger partial charge in [0.25, 0.3) is 5.91 Å². The molecule has 1 amide bonds. The van der Waals surface area contributed by atoms with Crippen LogP contribution in [-0.4, -0.2) is 13.0 Å². The van der Waals surface area contributed by atoms with Gasteiger partial charge in [0, 0.05) is 0 Å². The molecule has 0 fully saturated rings. The fraction of sp³-hybridized carbons (Fsp3) is 0.0833. The Hall–Kier alpha value is -2.98. The third-order valence-corrected chi connectivity index (χ3v) is 5.57. The number of halogens is 3. The number of amides is 1. The van der Waals surface area contributed by atoms with Gasteiger partial charge in [0.1, 0.15) is 18.2 Å². The third kappa shape index (κ3) is 5.83. The van der Waals surface area contributed by atoms with Crippen LogP contribution in [0, 0.1) is 11.3 Å². The van der Waals surface area contributed by atoms with Crippen LogP contribution in [0.15, 0.2) is 70.7 Å². The van der Waals surface area contributed by atoms with Gasteiger partial charge < -0.3 is 14.8 Å². The lowest BCUT2D eigenvalue weighted by Gasteiger charge is -2.14. The van der Waals surface area contributed by atoms with E-state index in [-0.39, 0.29) is 21.3 Å². The maximum atomic E-state index is 12.6. The van der Waals surface area contributed by atoms with Crippen molar-refractivity contribution in [2.24, 2.45) is 0 Å².